The van der Waals surface area contributed by atoms with Gasteiger partial charge in [-0.15, -0.1) is 11.3 Å². The van der Waals surface area contributed by atoms with Crippen molar-refractivity contribution in [2.75, 3.05) is 4.90 Å². The molecule has 0 saturated heterocycles. The van der Waals surface area contributed by atoms with Crippen molar-refractivity contribution in [2.45, 2.75) is 0 Å². The lowest BCUT2D eigenvalue weighted by Crippen LogP contribution is -2.09. The lowest BCUT2D eigenvalue weighted by Gasteiger charge is -2.26. The highest BCUT2D eigenvalue weighted by Gasteiger charge is 2.21. The molecule has 0 radical (unpaired) electrons. The highest BCUT2D eigenvalue weighted by atomic mass is 32.1. The van der Waals surface area contributed by atoms with Gasteiger partial charge in [-0.05, 0) is 88.5 Å². The molecule has 2 aromatic heterocycles. The molecule has 8 aromatic carbocycles. The van der Waals surface area contributed by atoms with Crippen LogP contribution in [0, 0.1) is 0 Å². The molecular formula is C48H31NOS. The Morgan fingerprint density at radius 2 is 0.980 bits per heavy atom. The minimum atomic E-state index is 0.904. The molecule has 51 heavy (non-hydrogen) atoms. The lowest BCUT2D eigenvalue weighted by atomic mass is 9.97. The van der Waals surface area contributed by atoms with E-state index in [1.165, 1.54) is 53.6 Å². The molecule has 0 saturated carbocycles. The van der Waals surface area contributed by atoms with Gasteiger partial charge in [-0.3, -0.25) is 0 Å². The van der Waals surface area contributed by atoms with E-state index in [-0.39, 0.29) is 0 Å². The van der Waals surface area contributed by atoms with Gasteiger partial charge in [0.1, 0.15) is 11.2 Å². The SMILES string of the molecule is c1ccc(-c2ccc(N(c3ccccc3)c3cccc(-c4cc5c6cc(-c7ccccc7)ccc6oc5c5c4sc4ccccc45)c3)cc2)cc1. The van der Waals surface area contributed by atoms with Crippen molar-refractivity contribution in [3.8, 4) is 33.4 Å². The highest BCUT2D eigenvalue weighted by molar-refractivity contribution is 7.26. The first-order valence-electron chi connectivity index (χ1n) is 17.3. The Kier molecular flexibility index (Phi) is 7.04. The Bertz CT molecular complexity index is 2840. The van der Waals surface area contributed by atoms with Gasteiger partial charge in [0, 0.05) is 53.6 Å². The zero-order chi connectivity index (χ0) is 33.7. The van der Waals surface area contributed by atoms with E-state index in [4.69, 9.17) is 4.42 Å². The molecule has 0 amide bonds. The first kappa shape index (κ1) is 29.5. The summed E-state index contributed by atoms with van der Waals surface area (Å²) < 4.78 is 9.23. The second-order valence-corrected chi connectivity index (χ2v) is 14.0. The molecule has 10 rings (SSSR count). The quantitative estimate of drug-likeness (QED) is 0.175. The second kappa shape index (κ2) is 12.2. The zero-order valence-corrected chi connectivity index (χ0v) is 28.5. The minimum absolute atomic E-state index is 0.904. The van der Waals surface area contributed by atoms with E-state index >= 15 is 0 Å². The normalized spacial score (nSPS) is 11.5. The van der Waals surface area contributed by atoms with Crippen LogP contribution in [-0.2, 0) is 0 Å². The third-order valence-electron chi connectivity index (χ3n) is 9.85. The summed E-state index contributed by atoms with van der Waals surface area (Å²) in [5.74, 6) is 0. The summed E-state index contributed by atoms with van der Waals surface area (Å²) in [4.78, 5) is 2.35. The smallest absolute Gasteiger partial charge is 0.144 e. The predicted molar refractivity (Wildman–Crippen MR) is 218 cm³/mol. The Labute approximate surface area is 300 Å². The summed E-state index contributed by atoms with van der Waals surface area (Å²) in [5, 5.41) is 4.68. The van der Waals surface area contributed by atoms with Crippen molar-refractivity contribution in [2.24, 2.45) is 0 Å². The van der Waals surface area contributed by atoms with Crippen LogP contribution in [-0.4, -0.2) is 0 Å². The van der Waals surface area contributed by atoms with Crippen LogP contribution in [0.4, 0.5) is 17.1 Å². The fourth-order valence-electron chi connectivity index (χ4n) is 7.41. The number of hydrogen-bond acceptors (Lipinski definition) is 3. The molecule has 2 heterocycles. The molecule has 10 aromatic rings. The molecule has 0 bridgehead atoms. The maximum atomic E-state index is 6.73. The van der Waals surface area contributed by atoms with Gasteiger partial charge in [-0.2, -0.15) is 0 Å². The maximum absolute atomic E-state index is 6.73. The summed E-state index contributed by atoms with van der Waals surface area (Å²) in [6, 6.07) is 67.2. The number of benzene rings is 8. The van der Waals surface area contributed by atoms with E-state index in [1.807, 2.05) is 11.3 Å². The van der Waals surface area contributed by atoms with Crippen LogP contribution in [0.2, 0.25) is 0 Å². The van der Waals surface area contributed by atoms with Gasteiger partial charge in [-0.1, -0.05) is 127 Å². The van der Waals surface area contributed by atoms with Gasteiger partial charge in [0.2, 0.25) is 0 Å². The molecule has 0 aliphatic carbocycles. The molecule has 240 valence electrons. The molecule has 0 fully saturated rings. The van der Waals surface area contributed by atoms with Crippen LogP contribution in [0.25, 0.3) is 75.5 Å². The first-order valence-corrected chi connectivity index (χ1v) is 18.1. The number of thiophene rings is 1. The summed E-state index contributed by atoms with van der Waals surface area (Å²) in [6.07, 6.45) is 0. The van der Waals surface area contributed by atoms with Crippen molar-refractivity contribution < 1.29 is 4.42 Å². The third-order valence-corrected chi connectivity index (χ3v) is 11.1. The number of hydrogen-bond donors (Lipinski definition) is 0. The lowest BCUT2D eigenvalue weighted by molar-refractivity contribution is 0.673. The average molecular weight is 670 g/mol. The second-order valence-electron chi connectivity index (χ2n) is 12.9. The average Bonchev–Trinajstić information content (AvgIpc) is 3.77. The molecule has 0 unspecified atom stereocenters. The van der Waals surface area contributed by atoms with Crippen LogP contribution in [0.5, 0.6) is 0 Å². The predicted octanol–water partition coefficient (Wildman–Crippen LogP) is 14.4. The third kappa shape index (κ3) is 5.10. The van der Waals surface area contributed by atoms with Crippen LogP contribution in [0.1, 0.15) is 0 Å². The van der Waals surface area contributed by atoms with Crippen molar-refractivity contribution >= 4 is 70.5 Å². The van der Waals surface area contributed by atoms with E-state index in [1.54, 1.807) is 0 Å². The monoisotopic (exact) mass is 669 g/mol. The molecule has 0 aliphatic rings. The number of rotatable bonds is 6. The number of para-hydroxylation sites is 1. The van der Waals surface area contributed by atoms with Gasteiger partial charge < -0.3 is 9.32 Å². The molecule has 0 aliphatic heterocycles. The first-order chi connectivity index (χ1) is 25.3. The molecule has 0 spiro atoms. The van der Waals surface area contributed by atoms with Crippen LogP contribution in [0.15, 0.2) is 192 Å². The minimum Gasteiger partial charge on any atom is -0.455 e. The number of fused-ring (bicyclic) bond motifs is 7. The maximum Gasteiger partial charge on any atom is 0.144 e. The molecule has 0 N–H and O–H groups in total. The van der Waals surface area contributed by atoms with E-state index in [2.05, 4.69) is 193 Å². The zero-order valence-electron chi connectivity index (χ0n) is 27.7. The fourth-order valence-corrected chi connectivity index (χ4v) is 8.65. The Morgan fingerprint density at radius 1 is 0.392 bits per heavy atom. The number of furan rings is 1. The summed E-state index contributed by atoms with van der Waals surface area (Å²) >= 11 is 1.84. The summed E-state index contributed by atoms with van der Waals surface area (Å²) in [5.41, 5.74) is 12.3. The van der Waals surface area contributed by atoms with Gasteiger partial charge in [0.25, 0.3) is 0 Å². The molecule has 2 nitrogen and oxygen atoms in total. The van der Waals surface area contributed by atoms with Crippen molar-refractivity contribution in [1.29, 1.82) is 0 Å². The van der Waals surface area contributed by atoms with E-state index in [9.17, 15) is 0 Å². The van der Waals surface area contributed by atoms with Gasteiger partial charge >= 0.3 is 0 Å². The standard InChI is InChI=1S/C48H31NOS/c1-4-13-32(14-5-1)34-23-26-38(27-24-34)49(37-18-8-3-9-19-37)39-20-12-17-36(29-39)41-31-43-42-30-35(33-15-6-2-7-16-33)25-28-44(42)50-47(43)46-40-21-10-11-22-45(40)51-48(41)46/h1-31H. The van der Waals surface area contributed by atoms with Crippen LogP contribution >= 0.6 is 11.3 Å². The Balaban J connectivity index is 1.18. The van der Waals surface area contributed by atoms with Gasteiger partial charge in [0.05, 0.1) is 0 Å². The number of nitrogens with zero attached hydrogens (tertiary/aromatic N) is 1. The van der Waals surface area contributed by atoms with E-state index < -0.39 is 0 Å². The molecule has 0 atom stereocenters. The fraction of sp³-hybridized carbons (Fsp3) is 0. The van der Waals surface area contributed by atoms with Gasteiger partial charge in [0.15, 0.2) is 0 Å². The largest absolute Gasteiger partial charge is 0.455 e. The van der Waals surface area contributed by atoms with E-state index in [0.29, 0.717) is 0 Å². The Hall–Kier alpha value is -6.42. The molecular weight excluding hydrogens is 639 g/mol. The van der Waals surface area contributed by atoms with E-state index in [0.717, 1.165) is 39.0 Å². The van der Waals surface area contributed by atoms with Gasteiger partial charge in [-0.25, -0.2) is 0 Å². The topological polar surface area (TPSA) is 16.4 Å². The van der Waals surface area contributed by atoms with Crippen molar-refractivity contribution in [3.05, 3.63) is 188 Å². The van der Waals surface area contributed by atoms with Crippen LogP contribution < -0.4 is 4.90 Å². The summed E-state index contributed by atoms with van der Waals surface area (Å²) in [6.45, 7) is 0. The van der Waals surface area contributed by atoms with Crippen molar-refractivity contribution in [3.63, 3.8) is 0 Å². The summed E-state index contributed by atoms with van der Waals surface area (Å²) in [7, 11) is 0. The van der Waals surface area contributed by atoms with Crippen molar-refractivity contribution in [1.82, 2.24) is 0 Å². The van der Waals surface area contributed by atoms with Crippen LogP contribution in [0.3, 0.4) is 0 Å². The highest BCUT2D eigenvalue weighted by Crippen LogP contribution is 2.48. The Morgan fingerprint density at radius 3 is 1.75 bits per heavy atom. The number of anilines is 3. The molecule has 3 heteroatoms.